The first kappa shape index (κ1) is 13.6. The van der Waals surface area contributed by atoms with Crippen molar-refractivity contribution in [3.05, 3.63) is 65.5 Å². The van der Waals surface area contributed by atoms with Crippen LogP contribution in [0.3, 0.4) is 0 Å². The molecule has 0 fully saturated rings. The molecule has 19 heavy (non-hydrogen) atoms. The Kier molecular flexibility index (Phi) is 4.58. The highest BCUT2D eigenvalue weighted by atomic mass is 19.2. The van der Waals surface area contributed by atoms with Crippen LogP contribution in [0.1, 0.15) is 11.1 Å². The van der Waals surface area contributed by atoms with E-state index >= 15 is 0 Å². The average Bonchev–Trinajstić information content (AvgIpc) is 2.43. The van der Waals surface area contributed by atoms with Gasteiger partial charge in [-0.3, -0.25) is 4.98 Å². The Bertz CT molecular complexity index is 529. The van der Waals surface area contributed by atoms with Crippen molar-refractivity contribution in [2.45, 2.75) is 18.9 Å². The summed E-state index contributed by atoms with van der Waals surface area (Å²) in [6.07, 6.45) is 4.98. The lowest BCUT2D eigenvalue weighted by Gasteiger charge is -2.16. The molecule has 0 amide bonds. The van der Waals surface area contributed by atoms with Gasteiger partial charge >= 0.3 is 0 Å². The van der Waals surface area contributed by atoms with E-state index in [2.05, 4.69) is 10.3 Å². The zero-order valence-electron chi connectivity index (χ0n) is 10.7. The van der Waals surface area contributed by atoms with Crippen LogP contribution >= 0.6 is 0 Å². The van der Waals surface area contributed by atoms with Crippen LogP contribution in [-0.4, -0.2) is 18.1 Å². The van der Waals surface area contributed by atoms with Gasteiger partial charge in [0.05, 0.1) is 0 Å². The molecule has 0 aliphatic heterocycles. The fraction of sp³-hybridized carbons (Fsp3) is 0.267. The van der Waals surface area contributed by atoms with E-state index in [0.717, 1.165) is 17.5 Å². The van der Waals surface area contributed by atoms with E-state index in [0.29, 0.717) is 6.42 Å². The van der Waals surface area contributed by atoms with Crippen molar-refractivity contribution in [1.29, 1.82) is 0 Å². The molecule has 2 nitrogen and oxygen atoms in total. The molecule has 1 aromatic carbocycles. The number of pyridine rings is 1. The van der Waals surface area contributed by atoms with Crippen LogP contribution in [-0.2, 0) is 12.8 Å². The van der Waals surface area contributed by atoms with Crippen molar-refractivity contribution >= 4 is 0 Å². The number of nitrogens with zero attached hydrogens (tertiary/aromatic N) is 1. The molecule has 1 aromatic heterocycles. The molecular formula is C15H16F2N2. The van der Waals surface area contributed by atoms with E-state index in [9.17, 15) is 8.78 Å². The summed E-state index contributed by atoms with van der Waals surface area (Å²) in [4.78, 5) is 4.07. The van der Waals surface area contributed by atoms with Crippen molar-refractivity contribution in [2.75, 3.05) is 7.05 Å². The van der Waals surface area contributed by atoms with E-state index in [1.165, 1.54) is 12.1 Å². The molecule has 1 N–H and O–H groups in total. The van der Waals surface area contributed by atoms with Gasteiger partial charge in [0.2, 0.25) is 0 Å². The molecule has 4 heteroatoms. The number of aromatic nitrogens is 1. The maximum absolute atomic E-state index is 13.2. The predicted molar refractivity (Wildman–Crippen MR) is 70.9 cm³/mol. The fourth-order valence-corrected chi connectivity index (χ4v) is 2.03. The van der Waals surface area contributed by atoms with Crippen LogP contribution in [0.5, 0.6) is 0 Å². The van der Waals surface area contributed by atoms with Gasteiger partial charge in [-0.15, -0.1) is 0 Å². The van der Waals surface area contributed by atoms with Crippen molar-refractivity contribution in [3.63, 3.8) is 0 Å². The maximum atomic E-state index is 13.2. The van der Waals surface area contributed by atoms with Crippen molar-refractivity contribution in [2.24, 2.45) is 0 Å². The second-order valence-electron chi connectivity index (χ2n) is 4.50. The maximum Gasteiger partial charge on any atom is 0.159 e. The first-order valence-corrected chi connectivity index (χ1v) is 6.19. The Morgan fingerprint density at radius 3 is 2.53 bits per heavy atom. The minimum atomic E-state index is -0.808. The Hall–Kier alpha value is -1.81. The monoisotopic (exact) mass is 262 g/mol. The summed E-state index contributed by atoms with van der Waals surface area (Å²) in [5.41, 5.74) is 1.89. The summed E-state index contributed by atoms with van der Waals surface area (Å²) in [6.45, 7) is 0. The van der Waals surface area contributed by atoms with Gasteiger partial charge in [0.1, 0.15) is 0 Å². The van der Waals surface area contributed by atoms with Gasteiger partial charge in [0, 0.05) is 18.4 Å². The molecule has 0 saturated heterocycles. The molecule has 0 saturated carbocycles. The second-order valence-corrected chi connectivity index (χ2v) is 4.50. The number of halogens is 2. The van der Waals surface area contributed by atoms with Gasteiger partial charge in [-0.2, -0.15) is 0 Å². The lowest BCUT2D eigenvalue weighted by Crippen LogP contribution is -2.30. The van der Waals surface area contributed by atoms with E-state index in [1.54, 1.807) is 12.3 Å². The summed E-state index contributed by atoms with van der Waals surface area (Å²) in [5, 5.41) is 3.19. The second kappa shape index (κ2) is 6.38. The third-order valence-electron chi connectivity index (χ3n) is 3.08. The van der Waals surface area contributed by atoms with Crippen LogP contribution in [0.15, 0.2) is 42.7 Å². The molecule has 1 atom stereocenters. The number of likely N-dealkylation sites (N-methyl/N-ethyl adjacent to an activating group) is 1. The van der Waals surface area contributed by atoms with Crippen molar-refractivity contribution in [1.82, 2.24) is 10.3 Å². The largest absolute Gasteiger partial charge is 0.316 e. The summed E-state index contributed by atoms with van der Waals surface area (Å²) in [5.74, 6) is -1.61. The first-order chi connectivity index (χ1) is 9.19. The van der Waals surface area contributed by atoms with Crippen LogP contribution in [0.4, 0.5) is 8.78 Å². The van der Waals surface area contributed by atoms with Crippen LogP contribution in [0.25, 0.3) is 0 Å². The number of hydrogen-bond donors (Lipinski definition) is 1. The van der Waals surface area contributed by atoms with Crippen molar-refractivity contribution in [3.8, 4) is 0 Å². The minimum absolute atomic E-state index is 0.161. The molecule has 0 aliphatic rings. The van der Waals surface area contributed by atoms with Crippen LogP contribution in [0, 0.1) is 11.6 Å². The molecule has 1 unspecified atom stereocenters. The average molecular weight is 262 g/mol. The summed E-state index contributed by atoms with van der Waals surface area (Å²) < 4.78 is 26.0. The molecule has 1 heterocycles. The zero-order valence-corrected chi connectivity index (χ0v) is 10.7. The van der Waals surface area contributed by atoms with E-state index in [-0.39, 0.29) is 6.04 Å². The summed E-state index contributed by atoms with van der Waals surface area (Å²) >= 11 is 0. The fourth-order valence-electron chi connectivity index (χ4n) is 2.03. The highest BCUT2D eigenvalue weighted by Crippen LogP contribution is 2.12. The van der Waals surface area contributed by atoms with Gasteiger partial charge in [0.15, 0.2) is 11.6 Å². The molecule has 100 valence electrons. The Morgan fingerprint density at radius 1 is 1.11 bits per heavy atom. The molecule has 0 bridgehead atoms. The van der Waals surface area contributed by atoms with Crippen LogP contribution < -0.4 is 5.32 Å². The molecule has 0 spiro atoms. The van der Waals surface area contributed by atoms with Crippen LogP contribution in [0.2, 0.25) is 0 Å². The molecule has 2 rings (SSSR count). The molecular weight excluding hydrogens is 246 g/mol. The third-order valence-corrected chi connectivity index (χ3v) is 3.08. The van der Waals surface area contributed by atoms with Gasteiger partial charge in [-0.1, -0.05) is 12.1 Å². The molecule has 0 radical (unpaired) electrons. The summed E-state index contributed by atoms with van der Waals surface area (Å²) in [6, 6.07) is 8.09. The highest BCUT2D eigenvalue weighted by Gasteiger charge is 2.10. The summed E-state index contributed by atoms with van der Waals surface area (Å²) in [7, 11) is 1.86. The van der Waals surface area contributed by atoms with Gasteiger partial charge in [-0.25, -0.2) is 8.78 Å². The SMILES string of the molecule is CNC(Cc1cccnc1)Cc1ccc(F)c(F)c1. The number of rotatable bonds is 5. The van der Waals surface area contributed by atoms with E-state index in [4.69, 9.17) is 0 Å². The van der Waals surface area contributed by atoms with E-state index in [1.807, 2.05) is 25.4 Å². The van der Waals surface area contributed by atoms with Crippen molar-refractivity contribution < 1.29 is 8.78 Å². The smallest absolute Gasteiger partial charge is 0.159 e. The normalized spacial score (nSPS) is 12.4. The zero-order chi connectivity index (χ0) is 13.7. The topological polar surface area (TPSA) is 24.9 Å². The Labute approximate surface area is 111 Å². The molecule has 2 aromatic rings. The van der Waals surface area contributed by atoms with Gasteiger partial charge in [0.25, 0.3) is 0 Å². The number of benzene rings is 1. The quantitative estimate of drug-likeness (QED) is 0.896. The first-order valence-electron chi connectivity index (χ1n) is 6.19. The van der Waals surface area contributed by atoms with Gasteiger partial charge < -0.3 is 5.32 Å². The number of nitrogens with one attached hydrogen (secondary N) is 1. The Balaban J connectivity index is 2.04. The highest BCUT2D eigenvalue weighted by molar-refractivity contribution is 5.20. The minimum Gasteiger partial charge on any atom is -0.316 e. The van der Waals surface area contributed by atoms with Gasteiger partial charge in [-0.05, 0) is 49.2 Å². The lowest BCUT2D eigenvalue weighted by atomic mass is 10.00. The predicted octanol–water partition coefficient (Wildman–Crippen LogP) is 2.73. The number of hydrogen-bond acceptors (Lipinski definition) is 2. The lowest BCUT2D eigenvalue weighted by molar-refractivity contribution is 0.503. The molecule has 0 aliphatic carbocycles. The van der Waals surface area contributed by atoms with E-state index < -0.39 is 11.6 Å². The standard InChI is InChI=1S/C15H16F2N2/c1-18-13(8-12-3-2-6-19-10-12)7-11-4-5-14(16)15(17)9-11/h2-6,9-10,13,18H,7-8H2,1H3. The third kappa shape index (κ3) is 3.83. The Morgan fingerprint density at radius 2 is 1.89 bits per heavy atom.